The first kappa shape index (κ1) is 15.8. The third-order valence-corrected chi connectivity index (χ3v) is 4.05. The molecule has 2 aromatic rings. The number of hydrogen-bond donors (Lipinski definition) is 1. The van der Waals surface area contributed by atoms with Crippen LogP contribution >= 0.6 is 0 Å². The molecule has 1 aromatic heterocycles. The molecular weight excluding hydrogens is 260 g/mol. The molecule has 0 spiro atoms. The summed E-state index contributed by atoms with van der Waals surface area (Å²) in [4.78, 5) is 2.44. The zero-order chi connectivity index (χ0) is 15.1. The Morgan fingerprint density at radius 1 is 1.10 bits per heavy atom. The van der Waals surface area contributed by atoms with Crippen molar-refractivity contribution in [1.82, 2.24) is 10.2 Å². The van der Waals surface area contributed by atoms with Gasteiger partial charge in [-0.1, -0.05) is 38.1 Å². The molecule has 1 heterocycles. The molecule has 114 valence electrons. The molecule has 0 aliphatic rings. The van der Waals surface area contributed by atoms with Crippen LogP contribution in [0, 0.1) is 0 Å². The lowest BCUT2D eigenvalue weighted by Gasteiger charge is -2.21. The van der Waals surface area contributed by atoms with Crippen molar-refractivity contribution in [3.8, 4) is 0 Å². The van der Waals surface area contributed by atoms with Crippen LogP contribution in [-0.4, -0.2) is 18.0 Å². The van der Waals surface area contributed by atoms with Crippen LogP contribution in [0.2, 0.25) is 0 Å². The summed E-state index contributed by atoms with van der Waals surface area (Å²) in [5.41, 5.74) is 3.98. The van der Waals surface area contributed by atoms with E-state index in [1.165, 1.54) is 16.7 Å². The Hall–Kier alpha value is -1.58. The fraction of sp³-hybridized carbons (Fsp3) is 0.444. The highest BCUT2D eigenvalue weighted by atomic mass is 16.3. The Balaban J connectivity index is 1.99. The van der Waals surface area contributed by atoms with Gasteiger partial charge in [0.05, 0.1) is 12.5 Å². The number of nitrogens with one attached hydrogen (secondary N) is 1. The second-order valence-electron chi connectivity index (χ2n) is 5.39. The van der Waals surface area contributed by atoms with Gasteiger partial charge < -0.3 is 9.73 Å². The molecule has 0 bridgehead atoms. The van der Waals surface area contributed by atoms with E-state index < -0.39 is 0 Å². The van der Waals surface area contributed by atoms with Gasteiger partial charge in [0.1, 0.15) is 0 Å². The van der Waals surface area contributed by atoms with Crippen LogP contribution in [-0.2, 0) is 13.1 Å². The molecule has 1 N–H and O–H groups in total. The molecular formula is C18H26N2O. The molecule has 0 amide bonds. The number of rotatable bonds is 8. The van der Waals surface area contributed by atoms with Crippen molar-refractivity contribution < 1.29 is 4.42 Å². The van der Waals surface area contributed by atoms with E-state index in [1.807, 2.05) is 6.07 Å². The van der Waals surface area contributed by atoms with E-state index in [9.17, 15) is 0 Å². The van der Waals surface area contributed by atoms with Crippen LogP contribution in [0.5, 0.6) is 0 Å². The van der Waals surface area contributed by atoms with Crippen LogP contribution in [0.3, 0.4) is 0 Å². The van der Waals surface area contributed by atoms with Crippen LogP contribution in [0.25, 0.3) is 0 Å². The Morgan fingerprint density at radius 2 is 1.81 bits per heavy atom. The number of hydrogen-bond acceptors (Lipinski definition) is 3. The molecule has 1 atom stereocenters. The third-order valence-electron chi connectivity index (χ3n) is 4.05. The zero-order valence-corrected chi connectivity index (χ0v) is 13.3. The topological polar surface area (TPSA) is 28.4 Å². The molecule has 0 aliphatic heterocycles. The summed E-state index contributed by atoms with van der Waals surface area (Å²) >= 11 is 0. The van der Waals surface area contributed by atoms with Gasteiger partial charge in [0.2, 0.25) is 0 Å². The van der Waals surface area contributed by atoms with Gasteiger partial charge in [-0.3, -0.25) is 4.90 Å². The zero-order valence-electron chi connectivity index (χ0n) is 13.3. The highest BCUT2D eigenvalue weighted by Gasteiger charge is 2.09. The minimum Gasteiger partial charge on any atom is -0.472 e. The Labute approximate surface area is 128 Å². The van der Waals surface area contributed by atoms with Gasteiger partial charge in [0.25, 0.3) is 0 Å². The second kappa shape index (κ2) is 8.01. The van der Waals surface area contributed by atoms with Crippen molar-refractivity contribution in [2.45, 2.75) is 39.9 Å². The third kappa shape index (κ3) is 4.45. The van der Waals surface area contributed by atoms with Gasteiger partial charge in [-0.05, 0) is 37.2 Å². The van der Waals surface area contributed by atoms with E-state index in [4.69, 9.17) is 4.42 Å². The lowest BCUT2D eigenvalue weighted by atomic mass is 10.1. The maximum absolute atomic E-state index is 5.15. The molecule has 1 aromatic carbocycles. The van der Waals surface area contributed by atoms with Gasteiger partial charge in [0, 0.05) is 24.7 Å². The molecule has 21 heavy (non-hydrogen) atoms. The van der Waals surface area contributed by atoms with Crippen LogP contribution in [0.1, 0.15) is 43.5 Å². The Morgan fingerprint density at radius 3 is 2.43 bits per heavy atom. The van der Waals surface area contributed by atoms with Crippen molar-refractivity contribution in [3.05, 3.63) is 59.5 Å². The highest BCUT2D eigenvalue weighted by Crippen LogP contribution is 2.16. The first-order valence-corrected chi connectivity index (χ1v) is 7.79. The molecule has 2 rings (SSSR count). The standard InChI is InChI=1S/C18H26N2O/c1-4-20(5-2)13-17-9-7-6-8-16(17)12-19-15(3)18-10-11-21-14-18/h6-11,14-15,19H,4-5,12-13H2,1-3H3. The van der Waals surface area contributed by atoms with Gasteiger partial charge in [0.15, 0.2) is 0 Å². The van der Waals surface area contributed by atoms with Crippen molar-refractivity contribution in [3.63, 3.8) is 0 Å². The summed E-state index contributed by atoms with van der Waals surface area (Å²) in [7, 11) is 0. The summed E-state index contributed by atoms with van der Waals surface area (Å²) < 4.78 is 5.15. The van der Waals surface area contributed by atoms with Gasteiger partial charge in [-0.25, -0.2) is 0 Å². The maximum atomic E-state index is 5.15. The summed E-state index contributed by atoms with van der Waals surface area (Å²) in [5.74, 6) is 0. The van der Waals surface area contributed by atoms with E-state index in [2.05, 4.69) is 55.3 Å². The van der Waals surface area contributed by atoms with Crippen molar-refractivity contribution in [2.24, 2.45) is 0 Å². The number of furan rings is 1. The molecule has 1 unspecified atom stereocenters. The normalized spacial score (nSPS) is 12.8. The highest BCUT2D eigenvalue weighted by molar-refractivity contribution is 5.27. The monoisotopic (exact) mass is 286 g/mol. The van der Waals surface area contributed by atoms with Crippen LogP contribution in [0.4, 0.5) is 0 Å². The summed E-state index contributed by atoms with van der Waals surface area (Å²) in [6.07, 6.45) is 3.53. The molecule has 0 aliphatic carbocycles. The van der Waals surface area contributed by atoms with E-state index in [0.717, 1.165) is 26.2 Å². The quantitative estimate of drug-likeness (QED) is 0.796. The average molecular weight is 286 g/mol. The minimum absolute atomic E-state index is 0.297. The smallest absolute Gasteiger partial charge is 0.0950 e. The second-order valence-corrected chi connectivity index (χ2v) is 5.39. The number of nitrogens with zero attached hydrogens (tertiary/aromatic N) is 1. The van der Waals surface area contributed by atoms with Crippen molar-refractivity contribution >= 4 is 0 Å². The first-order chi connectivity index (χ1) is 10.2. The van der Waals surface area contributed by atoms with Gasteiger partial charge in [-0.2, -0.15) is 0 Å². The Kier molecular flexibility index (Phi) is 6.03. The minimum atomic E-state index is 0.297. The summed E-state index contributed by atoms with van der Waals surface area (Å²) in [6.45, 7) is 10.7. The summed E-state index contributed by atoms with van der Waals surface area (Å²) in [5, 5.41) is 3.57. The predicted octanol–water partition coefficient (Wildman–Crippen LogP) is 3.97. The fourth-order valence-corrected chi connectivity index (χ4v) is 2.47. The fourth-order valence-electron chi connectivity index (χ4n) is 2.47. The molecule has 0 saturated heterocycles. The van der Waals surface area contributed by atoms with E-state index in [1.54, 1.807) is 12.5 Å². The van der Waals surface area contributed by atoms with Crippen LogP contribution in [0.15, 0.2) is 47.3 Å². The average Bonchev–Trinajstić information content (AvgIpc) is 3.05. The van der Waals surface area contributed by atoms with Gasteiger partial charge in [-0.15, -0.1) is 0 Å². The van der Waals surface area contributed by atoms with Crippen LogP contribution < -0.4 is 5.32 Å². The molecule has 0 saturated carbocycles. The van der Waals surface area contributed by atoms with Crippen molar-refractivity contribution in [1.29, 1.82) is 0 Å². The summed E-state index contributed by atoms with van der Waals surface area (Å²) in [6, 6.07) is 11.0. The largest absolute Gasteiger partial charge is 0.472 e. The van der Waals surface area contributed by atoms with E-state index in [-0.39, 0.29) is 0 Å². The maximum Gasteiger partial charge on any atom is 0.0950 e. The predicted molar refractivity (Wildman–Crippen MR) is 87.0 cm³/mol. The number of benzene rings is 1. The molecule has 3 heteroatoms. The molecule has 3 nitrogen and oxygen atoms in total. The molecule has 0 radical (unpaired) electrons. The van der Waals surface area contributed by atoms with E-state index in [0.29, 0.717) is 6.04 Å². The lowest BCUT2D eigenvalue weighted by molar-refractivity contribution is 0.294. The Bertz CT molecular complexity index is 518. The van der Waals surface area contributed by atoms with Gasteiger partial charge >= 0.3 is 0 Å². The first-order valence-electron chi connectivity index (χ1n) is 7.79. The van der Waals surface area contributed by atoms with Crippen molar-refractivity contribution in [2.75, 3.05) is 13.1 Å². The van der Waals surface area contributed by atoms with E-state index >= 15 is 0 Å². The molecule has 0 fully saturated rings. The lowest BCUT2D eigenvalue weighted by Crippen LogP contribution is -2.24. The SMILES string of the molecule is CCN(CC)Cc1ccccc1CNC(C)c1ccoc1.